The van der Waals surface area contributed by atoms with E-state index in [-0.39, 0.29) is 15.9 Å². The molecule has 0 bridgehead atoms. The molecule has 1 atom stereocenters. The number of hydrogen-bond acceptors (Lipinski definition) is 6. The molecule has 0 saturated carbocycles. The first-order valence-corrected chi connectivity index (χ1v) is 9.76. The van der Waals surface area contributed by atoms with Crippen LogP contribution in [0.4, 0.5) is 11.4 Å². The van der Waals surface area contributed by atoms with Crippen LogP contribution in [0.3, 0.4) is 0 Å². The van der Waals surface area contributed by atoms with Crippen molar-refractivity contribution in [3.63, 3.8) is 0 Å². The lowest BCUT2D eigenvalue weighted by Gasteiger charge is -2.12. The Balaban J connectivity index is 1.78. The quantitative estimate of drug-likeness (QED) is 0.358. The van der Waals surface area contributed by atoms with Gasteiger partial charge in [-0.3, -0.25) is 14.9 Å². The monoisotopic (exact) mass is 449 g/mol. The number of phenols is 1. The lowest BCUT2D eigenvalue weighted by molar-refractivity contribution is -0.386. The van der Waals surface area contributed by atoms with Crippen molar-refractivity contribution in [2.75, 3.05) is 5.32 Å². The predicted molar refractivity (Wildman–Crippen MR) is 109 cm³/mol. The van der Waals surface area contributed by atoms with Crippen LogP contribution in [0.15, 0.2) is 45.8 Å². The Morgan fingerprint density at radius 2 is 2.07 bits per heavy atom. The summed E-state index contributed by atoms with van der Waals surface area (Å²) in [6, 6.07) is 10.7. The molecular weight excluding hydrogens is 434 g/mol. The Hall–Kier alpha value is -2.52. The molecule has 0 spiro atoms. The lowest BCUT2D eigenvalue weighted by Crippen LogP contribution is -2.30. The summed E-state index contributed by atoms with van der Waals surface area (Å²) in [6.45, 7) is 2.08. The average Bonchev–Trinajstić information content (AvgIpc) is 2.97. The minimum atomic E-state index is -0.672. The Labute approximate surface area is 168 Å². The van der Waals surface area contributed by atoms with Crippen molar-refractivity contribution < 1.29 is 14.8 Å². The number of halogens is 1. The summed E-state index contributed by atoms with van der Waals surface area (Å²) in [5, 5.41) is 26.8. The van der Waals surface area contributed by atoms with E-state index in [1.807, 2.05) is 24.3 Å². The molecule has 3 N–H and O–H groups in total. The van der Waals surface area contributed by atoms with Crippen molar-refractivity contribution >= 4 is 51.0 Å². The van der Waals surface area contributed by atoms with Gasteiger partial charge < -0.3 is 15.7 Å². The number of amides is 1. The van der Waals surface area contributed by atoms with Crippen molar-refractivity contribution in [3.8, 4) is 5.75 Å². The standard InChI is InChI=1S/C18H16BrN3O4S/c1-2-10-3-5-12(6-4-10)20-18-21-17(24)15(27-18)9-11-7-13(19)16(23)14(8-11)22(25)26/h3-9,18,20,23H,2H2,1H3,(H,21,24)/b15-9-/t18-/m0/s1. The number of carbonyl (C=O) groups excluding carboxylic acids is 1. The number of carbonyl (C=O) groups is 1. The first-order chi connectivity index (χ1) is 12.9. The molecule has 7 nitrogen and oxygen atoms in total. The molecular formula is C18H16BrN3O4S. The highest BCUT2D eigenvalue weighted by molar-refractivity contribution is 9.10. The third kappa shape index (κ3) is 4.42. The Kier molecular flexibility index (Phi) is 5.71. The van der Waals surface area contributed by atoms with Crippen molar-refractivity contribution in [2.45, 2.75) is 18.8 Å². The number of nitrogens with zero attached hydrogens (tertiary/aromatic N) is 1. The van der Waals surface area contributed by atoms with E-state index in [4.69, 9.17) is 0 Å². The van der Waals surface area contributed by atoms with Gasteiger partial charge in [0, 0.05) is 11.8 Å². The molecule has 0 unspecified atom stereocenters. The minimum absolute atomic E-state index is 0.192. The number of thioether (sulfide) groups is 1. The molecule has 2 aromatic carbocycles. The first kappa shape index (κ1) is 19.2. The fraction of sp³-hybridized carbons (Fsp3) is 0.167. The zero-order valence-corrected chi connectivity index (χ0v) is 16.6. The number of aryl methyl sites for hydroxylation is 1. The summed E-state index contributed by atoms with van der Waals surface area (Å²) in [7, 11) is 0. The van der Waals surface area contributed by atoms with Crippen LogP contribution in [0.2, 0.25) is 0 Å². The van der Waals surface area contributed by atoms with Gasteiger partial charge in [-0.15, -0.1) is 0 Å². The van der Waals surface area contributed by atoms with E-state index >= 15 is 0 Å². The third-order valence-electron chi connectivity index (χ3n) is 3.95. The second-order valence-electron chi connectivity index (χ2n) is 5.80. The van der Waals surface area contributed by atoms with Gasteiger partial charge in [0.1, 0.15) is 0 Å². The molecule has 0 aromatic heterocycles. The van der Waals surface area contributed by atoms with Crippen LogP contribution in [-0.2, 0) is 11.2 Å². The molecule has 140 valence electrons. The van der Waals surface area contributed by atoms with Gasteiger partial charge >= 0.3 is 5.69 Å². The fourth-order valence-corrected chi connectivity index (χ4v) is 3.98. The minimum Gasteiger partial charge on any atom is -0.501 e. The van der Waals surface area contributed by atoms with Gasteiger partial charge in [-0.05, 0) is 57.8 Å². The maximum Gasteiger partial charge on any atom is 0.312 e. The Morgan fingerprint density at radius 3 is 2.70 bits per heavy atom. The van der Waals surface area contributed by atoms with E-state index < -0.39 is 16.4 Å². The van der Waals surface area contributed by atoms with Gasteiger partial charge in [0.25, 0.3) is 5.91 Å². The zero-order chi connectivity index (χ0) is 19.6. The highest BCUT2D eigenvalue weighted by Crippen LogP contribution is 2.37. The Bertz CT molecular complexity index is 931. The summed E-state index contributed by atoms with van der Waals surface area (Å²) >= 11 is 4.38. The van der Waals surface area contributed by atoms with Gasteiger partial charge in [-0.2, -0.15) is 0 Å². The lowest BCUT2D eigenvalue weighted by atomic mass is 10.1. The molecule has 2 aromatic rings. The topological polar surface area (TPSA) is 104 Å². The number of rotatable bonds is 5. The van der Waals surface area contributed by atoms with E-state index in [0.29, 0.717) is 10.5 Å². The van der Waals surface area contributed by atoms with Crippen molar-refractivity contribution in [3.05, 3.63) is 67.0 Å². The summed E-state index contributed by atoms with van der Waals surface area (Å²) in [5.41, 5.74) is 1.78. The number of anilines is 1. The van der Waals surface area contributed by atoms with Crippen LogP contribution in [-0.4, -0.2) is 21.4 Å². The van der Waals surface area contributed by atoms with E-state index in [1.54, 1.807) is 6.08 Å². The van der Waals surface area contributed by atoms with Crippen molar-refractivity contribution in [1.29, 1.82) is 0 Å². The molecule has 3 rings (SSSR count). The second-order valence-corrected chi connectivity index (χ2v) is 7.80. The number of benzene rings is 2. The molecule has 1 heterocycles. The second kappa shape index (κ2) is 8.01. The number of aromatic hydroxyl groups is 1. The average molecular weight is 450 g/mol. The largest absolute Gasteiger partial charge is 0.501 e. The molecule has 0 radical (unpaired) electrons. The van der Waals surface area contributed by atoms with Gasteiger partial charge in [0.05, 0.1) is 14.3 Å². The number of phenolic OH excluding ortho intramolecular Hbond substituents is 1. The molecule has 0 aliphatic carbocycles. The third-order valence-corrected chi connectivity index (χ3v) is 5.58. The van der Waals surface area contributed by atoms with Gasteiger partial charge in [0.2, 0.25) is 5.75 Å². The van der Waals surface area contributed by atoms with E-state index in [1.165, 1.54) is 29.5 Å². The summed E-state index contributed by atoms with van der Waals surface area (Å²) in [4.78, 5) is 23.0. The number of nitro groups is 1. The van der Waals surface area contributed by atoms with E-state index in [9.17, 15) is 20.0 Å². The van der Waals surface area contributed by atoms with Crippen molar-refractivity contribution in [2.24, 2.45) is 0 Å². The van der Waals surface area contributed by atoms with Crippen LogP contribution < -0.4 is 10.6 Å². The molecule has 1 fully saturated rings. The van der Waals surface area contributed by atoms with Gasteiger partial charge in [0.15, 0.2) is 5.50 Å². The molecule has 1 aliphatic heterocycles. The zero-order valence-electron chi connectivity index (χ0n) is 14.2. The molecule has 1 amide bonds. The highest BCUT2D eigenvalue weighted by atomic mass is 79.9. The number of nitrogens with one attached hydrogen (secondary N) is 2. The van der Waals surface area contributed by atoms with Crippen LogP contribution >= 0.6 is 27.7 Å². The molecule has 1 aliphatic rings. The van der Waals surface area contributed by atoms with E-state index in [2.05, 4.69) is 33.5 Å². The normalized spacial score (nSPS) is 17.8. The summed E-state index contributed by atoms with van der Waals surface area (Å²) in [6.07, 6.45) is 2.51. The molecule has 9 heteroatoms. The maximum atomic E-state index is 12.2. The van der Waals surface area contributed by atoms with Crippen LogP contribution in [0, 0.1) is 10.1 Å². The first-order valence-electron chi connectivity index (χ1n) is 8.09. The summed E-state index contributed by atoms with van der Waals surface area (Å²) < 4.78 is 0.192. The Morgan fingerprint density at radius 1 is 1.37 bits per heavy atom. The number of nitro benzene ring substituents is 1. The highest BCUT2D eigenvalue weighted by Gasteiger charge is 2.27. The summed E-state index contributed by atoms with van der Waals surface area (Å²) in [5.74, 6) is -0.713. The van der Waals surface area contributed by atoms with Crippen LogP contribution in [0.25, 0.3) is 6.08 Å². The van der Waals surface area contributed by atoms with Crippen molar-refractivity contribution in [1.82, 2.24) is 5.32 Å². The van der Waals surface area contributed by atoms with Gasteiger partial charge in [-0.25, -0.2) is 0 Å². The van der Waals surface area contributed by atoms with E-state index in [0.717, 1.165) is 12.1 Å². The fourth-order valence-electron chi connectivity index (χ4n) is 2.53. The maximum absolute atomic E-state index is 12.2. The number of hydrogen-bond donors (Lipinski definition) is 3. The van der Waals surface area contributed by atoms with Crippen LogP contribution in [0.5, 0.6) is 5.75 Å². The molecule has 27 heavy (non-hydrogen) atoms. The smallest absolute Gasteiger partial charge is 0.312 e. The van der Waals surface area contributed by atoms with Crippen LogP contribution in [0.1, 0.15) is 18.1 Å². The molecule has 1 saturated heterocycles. The van der Waals surface area contributed by atoms with Gasteiger partial charge in [-0.1, -0.05) is 30.8 Å². The SMILES string of the molecule is CCc1ccc(N[C@H]2NC(=O)/C(=C/c3cc(Br)c(O)c([N+](=O)[O-])c3)S2)cc1. The predicted octanol–water partition coefficient (Wildman–Crippen LogP) is 4.22.